The summed E-state index contributed by atoms with van der Waals surface area (Å²) in [7, 11) is 0. The van der Waals surface area contributed by atoms with Crippen LogP contribution >= 0.6 is 0 Å². The van der Waals surface area contributed by atoms with E-state index in [0.717, 1.165) is 11.6 Å². The summed E-state index contributed by atoms with van der Waals surface area (Å²) in [5.41, 5.74) is 0.524. The fraction of sp³-hybridized carbons (Fsp3) is 0.318. The second-order valence-corrected chi connectivity index (χ2v) is 7.58. The summed E-state index contributed by atoms with van der Waals surface area (Å²) in [6.07, 6.45) is 0.192. The van der Waals surface area contributed by atoms with Gasteiger partial charge < -0.3 is 20.3 Å². The molecule has 2 N–H and O–H groups in total. The van der Waals surface area contributed by atoms with Crippen LogP contribution in [0, 0.1) is 11.6 Å². The molecule has 2 saturated heterocycles. The van der Waals surface area contributed by atoms with Crippen LogP contribution in [-0.2, 0) is 20.9 Å². The third-order valence-electron chi connectivity index (χ3n) is 5.43. The number of carbonyl (C=O) groups is 3. The molecule has 0 spiro atoms. The third-order valence-corrected chi connectivity index (χ3v) is 5.43. The Kier molecular flexibility index (Phi) is 5.94. The predicted molar refractivity (Wildman–Crippen MR) is 106 cm³/mol. The maximum Gasteiger partial charge on any atom is 0.254 e. The standard InChI is InChI=1S/C22H21F2N3O4/c23-16-8-4-7-15(19(16)24)20(28)25-14-9-18-21(29)26-17(22(30)27(18)10-14)12-31-11-13-5-2-1-3-6-13/h1-8,14,17-18H,9-12H2,(H,25,28)(H,26,29)/t14-,17-,18-/m0/s1. The fourth-order valence-corrected chi connectivity index (χ4v) is 3.89. The van der Waals surface area contributed by atoms with Crippen molar-refractivity contribution in [1.29, 1.82) is 0 Å². The number of rotatable bonds is 6. The Bertz CT molecular complexity index is 1000. The van der Waals surface area contributed by atoms with E-state index in [2.05, 4.69) is 10.6 Å². The molecule has 2 aromatic rings. The van der Waals surface area contributed by atoms with Crippen LogP contribution in [-0.4, -0.2) is 53.9 Å². The summed E-state index contributed by atoms with van der Waals surface area (Å²) in [5.74, 6) is -3.78. The molecule has 2 heterocycles. The smallest absolute Gasteiger partial charge is 0.254 e. The van der Waals surface area contributed by atoms with Crippen LogP contribution in [0.2, 0.25) is 0 Å². The summed E-state index contributed by atoms with van der Waals surface area (Å²) in [4.78, 5) is 39.0. The van der Waals surface area contributed by atoms with E-state index in [-0.39, 0.29) is 31.4 Å². The molecule has 31 heavy (non-hydrogen) atoms. The van der Waals surface area contributed by atoms with E-state index in [1.807, 2.05) is 30.3 Å². The number of benzene rings is 2. The van der Waals surface area contributed by atoms with Crippen molar-refractivity contribution >= 4 is 17.7 Å². The first kappa shape index (κ1) is 20.9. The van der Waals surface area contributed by atoms with Gasteiger partial charge in [0.2, 0.25) is 11.8 Å². The predicted octanol–water partition coefficient (Wildman–Crippen LogP) is 1.38. The van der Waals surface area contributed by atoms with E-state index in [0.29, 0.717) is 6.61 Å². The first-order valence-electron chi connectivity index (χ1n) is 9.91. The quantitative estimate of drug-likeness (QED) is 0.727. The van der Waals surface area contributed by atoms with E-state index in [1.165, 1.54) is 17.0 Å². The van der Waals surface area contributed by atoms with Crippen molar-refractivity contribution < 1.29 is 27.9 Å². The van der Waals surface area contributed by atoms with Crippen LogP contribution in [0.5, 0.6) is 0 Å². The van der Waals surface area contributed by atoms with Crippen molar-refractivity contribution in [3.8, 4) is 0 Å². The Morgan fingerprint density at radius 3 is 2.68 bits per heavy atom. The lowest BCUT2D eigenvalue weighted by atomic mass is 10.1. The lowest BCUT2D eigenvalue weighted by molar-refractivity contribution is -0.148. The van der Waals surface area contributed by atoms with Crippen LogP contribution < -0.4 is 10.6 Å². The lowest BCUT2D eigenvalue weighted by Gasteiger charge is -2.34. The number of nitrogens with one attached hydrogen (secondary N) is 2. The maximum absolute atomic E-state index is 13.9. The number of carbonyl (C=O) groups excluding carboxylic acids is 3. The SMILES string of the molecule is O=C(N[C@H]1C[C@H]2C(=O)N[C@@H](COCc3ccccc3)C(=O)N2C1)c1cccc(F)c1F. The molecule has 2 aliphatic rings. The van der Waals surface area contributed by atoms with E-state index in [4.69, 9.17) is 4.74 Å². The summed E-state index contributed by atoms with van der Waals surface area (Å²) in [6.45, 7) is 0.435. The van der Waals surface area contributed by atoms with Gasteiger partial charge in [0.25, 0.3) is 5.91 Å². The number of nitrogens with zero attached hydrogens (tertiary/aromatic N) is 1. The highest BCUT2D eigenvalue weighted by Crippen LogP contribution is 2.23. The minimum Gasteiger partial charge on any atom is -0.374 e. The lowest BCUT2D eigenvalue weighted by Crippen LogP contribution is -2.62. The van der Waals surface area contributed by atoms with Crippen LogP contribution in [0.4, 0.5) is 8.78 Å². The summed E-state index contributed by atoms with van der Waals surface area (Å²) in [5, 5.41) is 5.26. The summed E-state index contributed by atoms with van der Waals surface area (Å²) >= 11 is 0. The molecule has 3 amide bonds. The van der Waals surface area contributed by atoms with Gasteiger partial charge in [-0.15, -0.1) is 0 Å². The second kappa shape index (κ2) is 8.81. The largest absolute Gasteiger partial charge is 0.374 e. The van der Waals surface area contributed by atoms with Gasteiger partial charge in [0.05, 0.1) is 18.8 Å². The first-order valence-corrected chi connectivity index (χ1v) is 9.91. The average molecular weight is 429 g/mol. The Morgan fingerprint density at radius 1 is 1.13 bits per heavy atom. The molecule has 0 aromatic heterocycles. The molecule has 0 saturated carbocycles. The van der Waals surface area contributed by atoms with Gasteiger partial charge in [-0.05, 0) is 24.1 Å². The van der Waals surface area contributed by atoms with Crippen LogP contribution in [0.15, 0.2) is 48.5 Å². The normalized spacial score (nSPS) is 22.8. The third kappa shape index (κ3) is 4.41. The van der Waals surface area contributed by atoms with Gasteiger partial charge in [-0.25, -0.2) is 8.78 Å². The topological polar surface area (TPSA) is 87.7 Å². The highest BCUT2D eigenvalue weighted by molar-refractivity contribution is 5.98. The average Bonchev–Trinajstić information content (AvgIpc) is 3.19. The van der Waals surface area contributed by atoms with Crippen LogP contribution in [0.25, 0.3) is 0 Å². The molecule has 0 bridgehead atoms. The van der Waals surface area contributed by atoms with Gasteiger partial charge in [-0.3, -0.25) is 14.4 Å². The number of piperazine rings is 1. The molecule has 7 nitrogen and oxygen atoms in total. The zero-order valence-corrected chi connectivity index (χ0v) is 16.5. The molecule has 2 aromatic carbocycles. The van der Waals surface area contributed by atoms with Crippen molar-refractivity contribution in [2.24, 2.45) is 0 Å². The van der Waals surface area contributed by atoms with Crippen molar-refractivity contribution in [3.05, 3.63) is 71.3 Å². The molecule has 0 unspecified atom stereocenters. The van der Waals surface area contributed by atoms with Gasteiger partial charge in [0.15, 0.2) is 11.6 Å². The highest BCUT2D eigenvalue weighted by atomic mass is 19.2. The highest BCUT2D eigenvalue weighted by Gasteiger charge is 2.46. The molecular weight excluding hydrogens is 408 g/mol. The number of fused-ring (bicyclic) bond motifs is 1. The van der Waals surface area contributed by atoms with Gasteiger partial charge in [-0.1, -0.05) is 36.4 Å². The van der Waals surface area contributed by atoms with Gasteiger partial charge in [0, 0.05) is 12.6 Å². The van der Waals surface area contributed by atoms with Crippen molar-refractivity contribution in [3.63, 3.8) is 0 Å². The van der Waals surface area contributed by atoms with E-state index < -0.39 is 41.2 Å². The second-order valence-electron chi connectivity index (χ2n) is 7.58. The van der Waals surface area contributed by atoms with E-state index in [9.17, 15) is 23.2 Å². The Morgan fingerprint density at radius 2 is 1.90 bits per heavy atom. The Balaban J connectivity index is 1.35. The zero-order valence-electron chi connectivity index (χ0n) is 16.5. The molecule has 3 atom stereocenters. The number of hydrogen-bond donors (Lipinski definition) is 2. The van der Waals surface area contributed by atoms with Gasteiger partial charge >= 0.3 is 0 Å². The number of amides is 3. The number of halogens is 2. The Labute approximate surface area is 177 Å². The Hall–Kier alpha value is -3.33. The molecular formula is C22H21F2N3O4. The van der Waals surface area contributed by atoms with Crippen molar-refractivity contribution in [2.45, 2.75) is 31.2 Å². The molecule has 9 heteroatoms. The number of hydrogen-bond acceptors (Lipinski definition) is 4. The molecule has 0 radical (unpaired) electrons. The summed E-state index contributed by atoms with van der Waals surface area (Å²) in [6, 6.07) is 10.7. The molecule has 4 rings (SSSR count). The first-order chi connectivity index (χ1) is 14.9. The molecule has 0 aliphatic carbocycles. The fourth-order valence-electron chi connectivity index (χ4n) is 3.89. The minimum atomic E-state index is -1.24. The molecule has 162 valence electrons. The van der Waals surface area contributed by atoms with Gasteiger partial charge in [-0.2, -0.15) is 0 Å². The summed E-state index contributed by atoms with van der Waals surface area (Å²) < 4.78 is 32.8. The zero-order chi connectivity index (χ0) is 22.0. The monoisotopic (exact) mass is 429 g/mol. The van der Waals surface area contributed by atoms with Crippen molar-refractivity contribution in [1.82, 2.24) is 15.5 Å². The molecule has 2 aliphatic heterocycles. The molecule has 2 fully saturated rings. The van der Waals surface area contributed by atoms with E-state index >= 15 is 0 Å². The van der Waals surface area contributed by atoms with Crippen molar-refractivity contribution in [2.75, 3.05) is 13.2 Å². The maximum atomic E-state index is 13.9. The van der Waals surface area contributed by atoms with Crippen LogP contribution in [0.1, 0.15) is 22.3 Å². The van der Waals surface area contributed by atoms with Gasteiger partial charge in [0.1, 0.15) is 12.1 Å². The van der Waals surface area contributed by atoms with Crippen LogP contribution in [0.3, 0.4) is 0 Å². The number of ether oxygens (including phenoxy) is 1. The van der Waals surface area contributed by atoms with E-state index in [1.54, 1.807) is 0 Å². The minimum absolute atomic E-state index is 0.0220.